The van der Waals surface area contributed by atoms with Gasteiger partial charge < -0.3 is 14.8 Å². The first-order valence-corrected chi connectivity index (χ1v) is 8.09. The van der Waals surface area contributed by atoms with Crippen LogP contribution in [0.4, 0.5) is 5.69 Å². The molecule has 0 radical (unpaired) electrons. The number of benzene rings is 2. The number of amides is 1. The molecule has 0 saturated carbocycles. The number of aromatic nitrogens is 2. The fraction of sp³-hybridized carbons (Fsp3) is 0. The van der Waals surface area contributed by atoms with Crippen molar-refractivity contribution >= 4 is 34.3 Å². The number of rotatable bonds is 3. The van der Waals surface area contributed by atoms with Gasteiger partial charge in [-0.3, -0.25) is 9.78 Å². The number of phenols is 1. The summed E-state index contributed by atoms with van der Waals surface area (Å²) in [6.07, 6.45) is 3.19. The second-order valence-corrected chi connectivity index (χ2v) is 5.99. The fourth-order valence-electron chi connectivity index (χ4n) is 2.49. The molecule has 0 saturated heterocycles. The number of phenolic OH excluding ortho intramolecular Hbond substituents is 1. The van der Waals surface area contributed by atoms with Gasteiger partial charge in [-0.1, -0.05) is 11.6 Å². The van der Waals surface area contributed by atoms with E-state index in [1.54, 1.807) is 54.9 Å². The smallest absolute Gasteiger partial charge is 0.255 e. The maximum atomic E-state index is 12.2. The lowest BCUT2D eigenvalue weighted by Crippen LogP contribution is -2.11. The summed E-state index contributed by atoms with van der Waals surface area (Å²) in [4.78, 5) is 20.5. The number of hydrogen-bond donors (Lipinski definition) is 2. The Kier molecular flexibility index (Phi) is 4.02. The summed E-state index contributed by atoms with van der Waals surface area (Å²) in [6, 6.07) is 13.0. The van der Waals surface area contributed by atoms with Crippen molar-refractivity contribution < 1.29 is 14.3 Å². The van der Waals surface area contributed by atoms with E-state index in [0.717, 1.165) is 0 Å². The van der Waals surface area contributed by atoms with Crippen molar-refractivity contribution in [1.29, 1.82) is 0 Å². The van der Waals surface area contributed by atoms with Gasteiger partial charge >= 0.3 is 0 Å². The molecule has 0 bridgehead atoms. The van der Waals surface area contributed by atoms with E-state index >= 15 is 0 Å². The summed E-state index contributed by atoms with van der Waals surface area (Å²) >= 11 is 5.82. The molecule has 26 heavy (non-hydrogen) atoms. The van der Waals surface area contributed by atoms with Gasteiger partial charge in [0.05, 0.1) is 11.8 Å². The van der Waals surface area contributed by atoms with E-state index in [-0.39, 0.29) is 17.5 Å². The topological polar surface area (TPSA) is 88.3 Å². The predicted molar refractivity (Wildman–Crippen MR) is 98.3 cm³/mol. The van der Waals surface area contributed by atoms with Crippen LogP contribution in [0, 0.1) is 0 Å². The van der Waals surface area contributed by atoms with E-state index in [9.17, 15) is 9.90 Å². The lowest BCUT2D eigenvalue weighted by molar-refractivity contribution is 0.102. The number of carbonyl (C=O) groups excluding carboxylic acids is 1. The van der Waals surface area contributed by atoms with E-state index in [4.69, 9.17) is 16.0 Å². The Labute approximate surface area is 153 Å². The second-order valence-electron chi connectivity index (χ2n) is 5.56. The van der Waals surface area contributed by atoms with Crippen LogP contribution in [-0.2, 0) is 0 Å². The third-order valence-corrected chi connectivity index (χ3v) is 4.03. The Morgan fingerprint density at radius 2 is 1.92 bits per heavy atom. The van der Waals surface area contributed by atoms with E-state index in [0.29, 0.717) is 32.9 Å². The van der Waals surface area contributed by atoms with Gasteiger partial charge in [-0.05, 0) is 36.4 Å². The van der Waals surface area contributed by atoms with Gasteiger partial charge in [0.15, 0.2) is 5.58 Å². The number of carbonyl (C=O) groups is 1. The highest BCUT2D eigenvalue weighted by atomic mass is 35.5. The van der Waals surface area contributed by atoms with Crippen molar-refractivity contribution in [2.75, 3.05) is 5.32 Å². The minimum atomic E-state index is -0.304. The van der Waals surface area contributed by atoms with Crippen molar-refractivity contribution in [2.24, 2.45) is 0 Å². The largest absolute Gasteiger partial charge is 0.507 e. The second kappa shape index (κ2) is 6.50. The summed E-state index contributed by atoms with van der Waals surface area (Å²) in [6.45, 7) is 0. The number of pyridine rings is 1. The van der Waals surface area contributed by atoms with Crippen LogP contribution < -0.4 is 5.32 Å². The normalized spacial score (nSPS) is 10.8. The number of aromatic hydroxyl groups is 1. The number of halogens is 1. The molecule has 4 aromatic rings. The Balaban J connectivity index is 1.59. The fourth-order valence-corrected chi connectivity index (χ4v) is 2.62. The number of fused-ring (bicyclic) bond motifs is 1. The van der Waals surface area contributed by atoms with Gasteiger partial charge in [-0.25, -0.2) is 4.98 Å². The van der Waals surface area contributed by atoms with Crippen LogP contribution in [0.1, 0.15) is 10.4 Å². The van der Waals surface area contributed by atoms with Crippen LogP contribution in [0.25, 0.3) is 22.6 Å². The predicted octanol–water partition coefficient (Wildman–Crippen LogP) is 4.50. The van der Waals surface area contributed by atoms with Crippen molar-refractivity contribution in [3.05, 3.63) is 71.5 Å². The summed E-state index contributed by atoms with van der Waals surface area (Å²) in [5, 5.41) is 13.6. The van der Waals surface area contributed by atoms with Gasteiger partial charge in [-0.15, -0.1) is 0 Å². The highest BCUT2D eigenvalue weighted by Crippen LogP contribution is 2.33. The molecular weight excluding hydrogens is 354 g/mol. The van der Waals surface area contributed by atoms with E-state index in [1.165, 1.54) is 6.07 Å². The van der Waals surface area contributed by atoms with Gasteiger partial charge in [-0.2, -0.15) is 0 Å². The van der Waals surface area contributed by atoms with Gasteiger partial charge in [0, 0.05) is 34.6 Å². The summed E-state index contributed by atoms with van der Waals surface area (Å²) in [5.41, 5.74) is 2.51. The number of nitrogens with one attached hydrogen (secondary N) is 1. The van der Waals surface area contributed by atoms with Gasteiger partial charge in [0.1, 0.15) is 11.3 Å². The third-order valence-electron chi connectivity index (χ3n) is 3.78. The average molecular weight is 366 g/mol. The number of hydrogen-bond acceptors (Lipinski definition) is 5. The lowest BCUT2D eigenvalue weighted by Gasteiger charge is -2.07. The standard InChI is InChI=1S/C19H12ClN3O3/c20-12-3-1-11(2-4-12)18(25)22-13-5-6-14(16(24)9-13)19-23-15-10-21-8-7-17(15)26-19/h1-10,24H,(H,22,25). The lowest BCUT2D eigenvalue weighted by atomic mass is 10.1. The van der Waals surface area contributed by atoms with Crippen LogP contribution in [0.3, 0.4) is 0 Å². The maximum absolute atomic E-state index is 12.2. The van der Waals surface area contributed by atoms with E-state index < -0.39 is 0 Å². The number of anilines is 1. The molecule has 0 aliphatic rings. The number of oxazole rings is 1. The SMILES string of the molecule is O=C(Nc1ccc(-c2nc3cnccc3o2)c(O)c1)c1ccc(Cl)cc1. The molecule has 7 heteroatoms. The highest BCUT2D eigenvalue weighted by Gasteiger charge is 2.14. The van der Waals surface area contributed by atoms with Crippen molar-refractivity contribution in [3.8, 4) is 17.2 Å². The summed E-state index contributed by atoms with van der Waals surface area (Å²) < 4.78 is 5.63. The van der Waals surface area contributed by atoms with Crippen molar-refractivity contribution in [2.45, 2.75) is 0 Å². The summed E-state index contributed by atoms with van der Waals surface area (Å²) in [5.74, 6) is -0.0822. The minimum absolute atomic E-state index is 0.0570. The maximum Gasteiger partial charge on any atom is 0.255 e. The molecule has 2 N–H and O–H groups in total. The molecule has 2 aromatic heterocycles. The molecule has 2 heterocycles. The molecule has 0 aliphatic heterocycles. The Hall–Kier alpha value is -3.38. The van der Waals surface area contributed by atoms with Crippen LogP contribution in [0.5, 0.6) is 5.75 Å². The molecule has 2 aromatic carbocycles. The first kappa shape index (κ1) is 16.1. The molecule has 6 nitrogen and oxygen atoms in total. The van der Waals surface area contributed by atoms with Crippen molar-refractivity contribution in [1.82, 2.24) is 9.97 Å². The van der Waals surface area contributed by atoms with E-state index in [2.05, 4.69) is 15.3 Å². The third kappa shape index (κ3) is 3.10. The summed E-state index contributed by atoms with van der Waals surface area (Å²) in [7, 11) is 0. The zero-order chi connectivity index (χ0) is 18.1. The Morgan fingerprint density at radius 1 is 1.12 bits per heavy atom. The van der Waals surface area contributed by atoms with Crippen molar-refractivity contribution in [3.63, 3.8) is 0 Å². The van der Waals surface area contributed by atoms with Crippen LogP contribution in [-0.4, -0.2) is 21.0 Å². The molecule has 0 spiro atoms. The van der Waals surface area contributed by atoms with E-state index in [1.807, 2.05) is 0 Å². The molecule has 0 unspecified atom stereocenters. The quantitative estimate of drug-likeness (QED) is 0.558. The van der Waals surface area contributed by atoms with Crippen LogP contribution >= 0.6 is 11.6 Å². The Bertz CT molecular complexity index is 1070. The molecule has 4 rings (SSSR count). The molecule has 0 aliphatic carbocycles. The number of nitrogens with zero attached hydrogens (tertiary/aromatic N) is 2. The monoisotopic (exact) mass is 365 g/mol. The first-order chi connectivity index (χ1) is 12.6. The minimum Gasteiger partial charge on any atom is -0.507 e. The molecule has 1 amide bonds. The molecule has 128 valence electrons. The van der Waals surface area contributed by atoms with Crippen LogP contribution in [0.2, 0.25) is 5.02 Å². The molecule has 0 atom stereocenters. The molecule has 0 fully saturated rings. The highest BCUT2D eigenvalue weighted by molar-refractivity contribution is 6.30. The van der Waals surface area contributed by atoms with Crippen LogP contribution in [0.15, 0.2) is 65.3 Å². The zero-order valence-electron chi connectivity index (χ0n) is 13.3. The Morgan fingerprint density at radius 3 is 2.65 bits per heavy atom. The van der Waals surface area contributed by atoms with Gasteiger partial charge in [0.2, 0.25) is 5.89 Å². The molecular formula is C19H12ClN3O3. The average Bonchev–Trinajstić information content (AvgIpc) is 3.06. The zero-order valence-corrected chi connectivity index (χ0v) is 14.1. The first-order valence-electron chi connectivity index (χ1n) is 7.71. The van der Waals surface area contributed by atoms with Gasteiger partial charge in [0.25, 0.3) is 5.91 Å².